The van der Waals surface area contributed by atoms with Crippen LogP contribution in [0.1, 0.15) is 30.5 Å². The standard InChI is InChI=1S/C49H33N3/c1-49(2)42-21-11-8-20-40(42)47-43(49)25-24-39-38-19-10-13-23-46(38)52(48(39)47)35-27-33(36-17-7-6-16-32(36)30-50)26-34(28-35)45-29-41(31-14-4-3-5-15-31)37-18-9-12-22-44(37)51-45/h3-29H,1-2H3. The highest BCUT2D eigenvalue weighted by atomic mass is 15.0. The Morgan fingerprint density at radius 3 is 2.08 bits per heavy atom. The van der Waals surface area contributed by atoms with Gasteiger partial charge in [-0.1, -0.05) is 135 Å². The van der Waals surface area contributed by atoms with Crippen molar-refractivity contribution in [2.75, 3.05) is 0 Å². The third-order valence-electron chi connectivity index (χ3n) is 11.0. The topological polar surface area (TPSA) is 41.6 Å². The molecule has 0 spiro atoms. The van der Waals surface area contributed by atoms with E-state index in [0.717, 1.165) is 55.6 Å². The number of rotatable bonds is 4. The SMILES string of the molecule is CC1(C)c2ccccc2-c2c1ccc1c3ccccc3n(-c3cc(-c4cc(-c5ccccc5)c5ccccc5n4)cc(-c4ccccc4C#N)c3)c21. The molecule has 0 aliphatic heterocycles. The van der Waals surface area contributed by atoms with Crippen LogP contribution >= 0.6 is 0 Å². The van der Waals surface area contributed by atoms with E-state index >= 15 is 0 Å². The van der Waals surface area contributed by atoms with E-state index in [-0.39, 0.29) is 5.41 Å². The van der Waals surface area contributed by atoms with E-state index in [0.29, 0.717) is 5.56 Å². The molecule has 3 nitrogen and oxygen atoms in total. The van der Waals surface area contributed by atoms with E-state index in [4.69, 9.17) is 4.98 Å². The molecule has 0 fully saturated rings. The number of hydrogen-bond donors (Lipinski definition) is 0. The maximum Gasteiger partial charge on any atom is 0.0998 e. The van der Waals surface area contributed by atoms with Crippen molar-refractivity contribution in [3.63, 3.8) is 0 Å². The van der Waals surface area contributed by atoms with Crippen LogP contribution in [0, 0.1) is 11.3 Å². The fourth-order valence-corrected chi connectivity index (χ4v) is 8.57. The smallest absolute Gasteiger partial charge is 0.0998 e. The Balaban J connectivity index is 1.33. The molecule has 0 bridgehead atoms. The molecule has 2 aromatic heterocycles. The van der Waals surface area contributed by atoms with E-state index in [1.54, 1.807) is 0 Å². The number of fused-ring (bicyclic) bond motifs is 8. The van der Waals surface area contributed by atoms with Gasteiger partial charge in [-0.15, -0.1) is 0 Å². The van der Waals surface area contributed by atoms with Gasteiger partial charge in [-0.05, 0) is 81.4 Å². The molecule has 10 rings (SSSR count). The lowest BCUT2D eigenvalue weighted by molar-refractivity contribution is 0.661. The number of para-hydroxylation sites is 2. The number of nitrogens with zero attached hydrogens (tertiary/aromatic N) is 3. The fourth-order valence-electron chi connectivity index (χ4n) is 8.57. The zero-order valence-electron chi connectivity index (χ0n) is 28.9. The minimum atomic E-state index is -0.136. The minimum Gasteiger partial charge on any atom is -0.309 e. The minimum absolute atomic E-state index is 0.136. The van der Waals surface area contributed by atoms with Gasteiger partial charge >= 0.3 is 0 Å². The molecule has 2 heterocycles. The molecule has 7 aromatic carbocycles. The van der Waals surface area contributed by atoms with Crippen LogP contribution in [0.2, 0.25) is 0 Å². The molecule has 1 aliphatic rings. The second-order valence-corrected chi connectivity index (χ2v) is 14.3. The molecule has 0 amide bonds. The Kier molecular flexibility index (Phi) is 6.59. The van der Waals surface area contributed by atoms with Crippen LogP contribution in [0.5, 0.6) is 0 Å². The summed E-state index contributed by atoms with van der Waals surface area (Å²) in [4.78, 5) is 5.29. The zero-order valence-corrected chi connectivity index (χ0v) is 28.9. The van der Waals surface area contributed by atoms with Crippen LogP contribution in [0.25, 0.3) is 83.0 Å². The lowest BCUT2D eigenvalue weighted by atomic mass is 9.82. The van der Waals surface area contributed by atoms with Crippen LogP contribution in [-0.2, 0) is 5.41 Å². The van der Waals surface area contributed by atoms with Crippen molar-refractivity contribution in [1.29, 1.82) is 5.26 Å². The van der Waals surface area contributed by atoms with Crippen molar-refractivity contribution in [3.05, 3.63) is 180 Å². The molecule has 52 heavy (non-hydrogen) atoms. The molecular weight excluding hydrogens is 631 g/mol. The lowest BCUT2D eigenvalue weighted by Crippen LogP contribution is -2.14. The number of nitriles is 1. The highest BCUT2D eigenvalue weighted by Crippen LogP contribution is 2.53. The molecule has 0 N–H and O–H groups in total. The van der Waals surface area contributed by atoms with Crippen LogP contribution in [-0.4, -0.2) is 9.55 Å². The van der Waals surface area contributed by atoms with Gasteiger partial charge in [0.05, 0.1) is 33.9 Å². The summed E-state index contributed by atoms with van der Waals surface area (Å²) in [6.45, 7) is 4.67. The third kappa shape index (κ3) is 4.41. The van der Waals surface area contributed by atoms with Gasteiger partial charge in [0.1, 0.15) is 0 Å². The summed E-state index contributed by atoms with van der Waals surface area (Å²) in [5.74, 6) is 0. The van der Waals surface area contributed by atoms with E-state index in [2.05, 4.69) is 164 Å². The Morgan fingerprint density at radius 1 is 0.538 bits per heavy atom. The van der Waals surface area contributed by atoms with Gasteiger partial charge in [-0.3, -0.25) is 0 Å². The first-order chi connectivity index (χ1) is 25.5. The first-order valence-corrected chi connectivity index (χ1v) is 17.8. The number of benzene rings is 7. The highest BCUT2D eigenvalue weighted by molar-refractivity contribution is 6.15. The Labute approximate surface area is 302 Å². The molecule has 0 unspecified atom stereocenters. The normalized spacial score (nSPS) is 12.9. The predicted molar refractivity (Wildman–Crippen MR) is 215 cm³/mol. The maximum atomic E-state index is 10.3. The van der Waals surface area contributed by atoms with Gasteiger partial charge in [0.2, 0.25) is 0 Å². The number of hydrogen-bond acceptors (Lipinski definition) is 2. The van der Waals surface area contributed by atoms with E-state index < -0.39 is 0 Å². The van der Waals surface area contributed by atoms with E-state index in [9.17, 15) is 5.26 Å². The molecule has 244 valence electrons. The quantitative estimate of drug-likeness (QED) is 0.188. The van der Waals surface area contributed by atoms with Crippen LogP contribution in [0.3, 0.4) is 0 Å². The third-order valence-corrected chi connectivity index (χ3v) is 11.0. The van der Waals surface area contributed by atoms with Crippen LogP contribution < -0.4 is 0 Å². The van der Waals surface area contributed by atoms with Crippen molar-refractivity contribution in [1.82, 2.24) is 9.55 Å². The van der Waals surface area contributed by atoms with E-state index in [1.165, 1.54) is 38.5 Å². The second-order valence-electron chi connectivity index (χ2n) is 14.3. The largest absolute Gasteiger partial charge is 0.309 e. The van der Waals surface area contributed by atoms with Gasteiger partial charge < -0.3 is 4.57 Å². The summed E-state index contributed by atoms with van der Waals surface area (Å²) in [7, 11) is 0. The average Bonchev–Trinajstić information content (AvgIpc) is 3.66. The van der Waals surface area contributed by atoms with Crippen LogP contribution in [0.4, 0.5) is 0 Å². The Morgan fingerprint density at radius 2 is 1.23 bits per heavy atom. The second kappa shape index (κ2) is 11.4. The lowest BCUT2D eigenvalue weighted by Gasteiger charge is -2.21. The summed E-state index contributed by atoms with van der Waals surface area (Å²) in [6.07, 6.45) is 0. The van der Waals surface area contributed by atoms with Gasteiger partial charge in [0.25, 0.3) is 0 Å². The van der Waals surface area contributed by atoms with Gasteiger partial charge in [0.15, 0.2) is 0 Å². The molecule has 1 aliphatic carbocycles. The first kappa shape index (κ1) is 30.1. The summed E-state index contributed by atoms with van der Waals surface area (Å²) < 4.78 is 2.45. The number of aromatic nitrogens is 2. The van der Waals surface area contributed by atoms with Crippen molar-refractivity contribution in [2.45, 2.75) is 19.3 Å². The summed E-state index contributed by atoms with van der Waals surface area (Å²) >= 11 is 0. The molecule has 0 saturated heterocycles. The average molecular weight is 664 g/mol. The molecule has 0 radical (unpaired) electrons. The van der Waals surface area contributed by atoms with Crippen LogP contribution in [0.15, 0.2) is 164 Å². The predicted octanol–water partition coefficient (Wildman–Crippen LogP) is 12.5. The zero-order chi connectivity index (χ0) is 35.0. The summed E-state index contributed by atoms with van der Waals surface area (Å²) in [5, 5.41) is 13.8. The summed E-state index contributed by atoms with van der Waals surface area (Å²) in [6, 6.07) is 60.4. The highest BCUT2D eigenvalue weighted by Gasteiger charge is 2.37. The molecule has 0 saturated carbocycles. The van der Waals surface area contributed by atoms with Crippen molar-refractivity contribution in [2.24, 2.45) is 0 Å². The molecule has 0 atom stereocenters. The summed E-state index contributed by atoms with van der Waals surface area (Å²) in [5.41, 5.74) is 16.1. The van der Waals surface area contributed by atoms with Gasteiger partial charge in [-0.2, -0.15) is 5.26 Å². The van der Waals surface area contributed by atoms with Gasteiger partial charge in [0, 0.05) is 38.4 Å². The first-order valence-electron chi connectivity index (χ1n) is 17.8. The van der Waals surface area contributed by atoms with Crippen molar-refractivity contribution >= 4 is 32.7 Å². The van der Waals surface area contributed by atoms with Crippen molar-refractivity contribution in [3.8, 4) is 56.4 Å². The molecule has 9 aromatic rings. The van der Waals surface area contributed by atoms with Gasteiger partial charge in [-0.25, -0.2) is 4.98 Å². The maximum absolute atomic E-state index is 10.3. The Bertz CT molecular complexity index is 2940. The monoisotopic (exact) mass is 663 g/mol. The van der Waals surface area contributed by atoms with E-state index in [1.807, 2.05) is 24.3 Å². The Hall–Kier alpha value is -6.76. The fraction of sp³-hybridized carbons (Fsp3) is 0.0612. The number of pyridine rings is 1. The molecular formula is C49H33N3. The van der Waals surface area contributed by atoms with Crippen molar-refractivity contribution < 1.29 is 0 Å². The molecule has 3 heteroatoms.